The van der Waals surface area contributed by atoms with Crippen molar-refractivity contribution in [1.29, 1.82) is 0 Å². The number of carbonyl (C=O) groups excluding carboxylic acids is 1. The van der Waals surface area contributed by atoms with Crippen LogP contribution in [-0.4, -0.2) is 27.8 Å². The highest BCUT2D eigenvalue weighted by Crippen LogP contribution is 2.29. The third-order valence-electron chi connectivity index (χ3n) is 2.90. The Hall–Kier alpha value is -2.41. The third-order valence-corrected chi connectivity index (χ3v) is 3.91. The topological polar surface area (TPSA) is 69.0 Å². The van der Waals surface area contributed by atoms with Crippen molar-refractivity contribution in [3.63, 3.8) is 0 Å². The van der Waals surface area contributed by atoms with Gasteiger partial charge in [-0.3, -0.25) is 4.79 Å². The van der Waals surface area contributed by atoms with E-state index in [1.54, 1.807) is 11.8 Å². The Morgan fingerprint density at radius 2 is 2.19 bits per heavy atom. The summed E-state index contributed by atoms with van der Waals surface area (Å²) in [6.07, 6.45) is 0. The number of nitrogens with one attached hydrogen (secondary N) is 1. The maximum atomic E-state index is 11.3. The van der Waals surface area contributed by atoms with Crippen molar-refractivity contribution in [3.05, 3.63) is 30.0 Å². The number of anilines is 1. The number of hydrogen-bond acceptors (Lipinski definition) is 5. The first-order valence-electron chi connectivity index (χ1n) is 6.36. The van der Waals surface area contributed by atoms with Crippen LogP contribution >= 0.6 is 11.3 Å². The zero-order valence-electron chi connectivity index (χ0n) is 11.9. The zero-order chi connectivity index (χ0) is 15.0. The lowest BCUT2D eigenvalue weighted by atomic mass is 10.3. The van der Waals surface area contributed by atoms with Gasteiger partial charge in [0.15, 0.2) is 0 Å². The van der Waals surface area contributed by atoms with Gasteiger partial charge >= 0.3 is 0 Å². The first-order chi connectivity index (χ1) is 10.1. The Kier molecular flexibility index (Phi) is 3.34. The molecular formula is C14H14N4O2S. The number of nitrogens with zero attached hydrogens (tertiary/aromatic N) is 3. The highest BCUT2D eigenvalue weighted by atomic mass is 32.1. The lowest BCUT2D eigenvalue weighted by molar-refractivity contribution is -0.114. The number of carbonyl (C=O) groups is 1. The highest BCUT2D eigenvalue weighted by molar-refractivity contribution is 7.20. The van der Waals surface area contributed by atoms with Gasteiger partial charge in [0, 0.05) is 19.1 Å². The Balaban J connectivity index is 2.09. The maximum Gasteiger partial charge on any atom is 0.222 e. The molecular weight excluding hydrogens is 288 g/mol. The molecule has 6 nitrogen and oxygen atoms in total. The molecule has 0 bridgehead atoms. The van der Waals surface area contributed by atoms with Crippen LogP contribution in [0.1, 0.15) is 12.6 Å². The van der Waals surface area contributed by atoms with Gasteiger partial charge in [-0.25, -0.2) is 4.98 Å². The number of thiazole rings is 1. The van der Waals surface area contributed by atoms with E-state index in [-0.39, 0.29) is 5.91 Å². The second-order valence-electron chi connectivity index (χ2n) is 4.59. The molecule has 0 aliphatic heterocycles. The lowest BCUT2D eigenvalue weighted by Crippen LogP contribution is -2.10. The van der Waals surface area contributed by atoms with Gasteiger partial charge in [-0.15, -0.1) is 0 Å². The maximum absolute atomic E-state index is 11.3. The van der Waals surface area contributed by atoms with E-state index in [1.165, 1.54) is 18.3 Å². The van der Waals surface area contributed by atoms with E-state index in [1.807, 2.05) is 31.2 Å². The van der Waals surface area contributed by atoms with Gasteiger partial charge in [-0.05, 0) is 19.1 Å². The normalized spacial score (nSPS) is 10.8. The van der Waals surface area contributed by atoms with Crippen LogP contribution in [0.5, 0.6) is 5.75 Å². The summed E-state index contributed by atoms with van der Waals surface area (Å²) < 4.78 is 7.88. The number of methoxy groups -OCH3 is 1. The second-order valence-corrected chi connectivity index (χ2v) is 5.60. The number of hydrogen-bond donors (Lipinski definition) is 1. The number of ether oxygens (including phenoxy) is 1. The number of fused-ring (bicyclic) bond motifs is 1. The van der Waals surface area contributed by atoms with Gasteiger partial charge in [-0.2, -0.15) is 9.78 Å². The molecule has 0 fully saturated rings. The summed E-state index contributed by atoms with van der Waals surface area (Å²) in [5, 5.41) is 7.86. The van der Waals surface area contributed by atoms with E-state index >= 15 is 0 Å². The fraction of sp³-hybridized carbons (Fsp3) is 0.214. The molecule has 1 amide bonds. The minimum absolute atomic E-state index is 0.140. The average Bonchev–Trinajstić information content (AvgIpc) is 3.00. The van der Waals surface area contributed by atoms with Gasteiger partial charge in [0.25, 0.3) is 0 Å². The summed E-state index contributed by atoms with van der Waals surface area (Å²) in [6, 6.07) is 7.55. The van der Waals surface area contributed by atoms with E-state index < -0.39 is 0 Å². The molecule has 0 aliphatic carbocycles. The van der Waals surface area contributed by atoms with Crippen LogP contribution in [0.3, 0.4) is 0 Å². The number of amides is 1. The molecule has 0 saturated heterocycles. The van der Waals surface area contributed by atoms with E-state index in [2.05, 4.69) is 15.4 Å². The molecule has 21 heavy (non-hydrogen) atoms. The first kappa shape index (κ1) is 13.6. The van der Waals surface area contributed by atoms with Gasteiger partial charge < -0.3 is 10.1 Å². The number of aromatic nitrogens is 3. The van der Waals surface area contributed by atoms with Crippen molar-refractivity contribution in [3.8, 4) is 10.9 Å². The van der Waals surface area contributed by atoms with Crippen LogP contribution < -0.4 is 10.1 Å². The van der Waals surface area contributed by atoms with E-state index in [0.717, 1.165) is 21.7 Å². The summed E-state index contributed by atoms with van der Waals surface area (Å²) in [4.78, 5) is 15.8. The van der Waals surface area contributed by atoms with Crippen LogP contribution in [0.2, 0.25) is 0 Å². The van der Waals surface area contributed by atoms with E-state index in [4.69, 9.17) is 4.74 Å². The molecule has 7 heteroatoms. The standard InChI is InChI=1S/C14H14N4O2S/c1-8-6-13(15-9(2)19)18(17-8)14-16-11-7-10(20-3)4-5-12(11)21-14/h4-7H,1-3H3,(H,15,19). The van der Waals surface area contributed by atoms with Gasteiger partial charge in [-0.1, -0.05) is 11.3 Å². The van der Waals surface area contributed by atoms with Gasteiger partial charge in [0.05, 0.1) is 23.0 Å². The number of rotatable bonds is 3. The molecule has 0 unspecified atom stereocenters. The average molecular weight is 302 g/mol. The molecule has 0 atom stereocenters. The largest absolute Gasteiger partial charge is 0.497 e. The summed E-state index contributed by atoms with van der Waals surface area (Å²) in [7, 11) is 1.63. The molecule has 0 aliphatic rings. The predicted molar refractivity (Wildman–Crippen MR) is 82.3 cm³/mol. The Morgan fingerprint density at radius 3 is 2.90 bits per heavy atom. The Bertz CT molecular complexity index is 822. The third kappa shape index (κ3) is 2.59. The summed E-state index contributed by atoms with van der Waals surface area (Å²) in [5.74, 6) is 1.24. The first-order valence-corrected chi connectivity index (χ1v) is 7.17. The molecule has 0 radical (unpaired) electrons. The van der Waals surface area contributed by atoms with Crippen LogP contribution in [0.25, 0.3) is 15.3 Å². The van der Waals surface area contributed by atoms with Crippen molar-refractivity contribution in [2.24, 2.45) is 0 Å². The van der Waals surface area contributed by atoms with Gasteiger partial charge in [0.1, 0.15) is 11.6 Å². The smallest absolute Gasteiger partial charge is 0.222 e. The molecule has 2 heterocycles. The van der Waals surface area contributed by atoms with Crippen LogP contribution in [0, 0.1) is 6.92 Å². The predicted octanol–water partition coefficient (Wildman–Crippen LogP) is 2.76. The van der Waals surface area contributed by atoms with E-state index in [9.17, 15) is 4.79 Å². The summed E-state index contributed by atoms with van der Waals surface area (Å²) in [5.41, 5.74) is 1.66. The van der Waals surface area contributed by atoms with Crippen molar-refractivity contribution in [1.82, 2.24) is 14.8 Å². The quantitative estimate of drug-likeness (QED) is 0.807. The Morgan fingerprint density at radius 1 is 1.38 bits per heavy atom. The Labute approximate surface area is 125 Å². The molecule has 1 N–H and O–H groups in total. The van der Waals surface area contributed by atoms with Crippen molar-refractivity contribution >= 4 is 33.3 Å². The fourth-order valence-corrected chi connectivity index (χ4v) is 2.94. The monoisotopic (exact) mass is 302 g/mol. The second kappa shape index (κ2) is 5.17. The van der Waals surface area contributed by atoms with Crippen LogP contribution in [0.4, 0.5) is 5.82 Å². The van der Waals surface area contributed by atoms with Crippen LogP contribution in [0.15, 0.2) is 24.3 Å². The molecule has 1 aromatic carbocycles. The minimum Gasteiger partial charge on any atom is -0.497 e. The van der Waals surface area contributed by atoms with E-state index in [0.29, 0.717) is 10.9 Å². The van der Waals surface area contributed by atoms with Crippen molar-refractivity contribution in [2.75, 3.05) is 12.4 Å². The van der Waals surface area contributed by atoms with Gasteiger partial charge in [0.2, 0.25) is 11.0 Å². The molecule has 108 valence electrons. The highest BCUT2D eigenvalue weighted by Gasteiger charge is 2.13. The van der Waals surface area contributed by atoms with Crippen molar-refractivity contribution < 1.29 is 9.53 Å². The van der Waals surface area contributed by atoms with Crippen molar-refractivity contribution in [2.45, 2.75) is 13.8 Å². The molecule has 2 aromatic heterocycles. The molecule has 3 rings (SSSR count). The molecule has 3 aromatic rings. The SMILES string of the molecule is COc1ccc2sc(-n3nc(C)cc3NC(C)=O)nc2c1. The molecule has 0 spiro atoms. The minimum atomic E-state index is -0.140. The zero-order valence-corrected chi connectivity index (χ0v) is 12.7. The lowest BCUT2D eigenvalue weighted by Gasteiger charge is -2.03. The molecule has 0 saturated carbocycles. The fourth-order valence-electron chi connectivity index (χ4n) is 2.03. The summed E-state index contributed by atoms with van der Waals surface area (Å²) >= 11 is 1.51. The number of aryl methyl sites for hydroxylation is 1. The summed E-state index contributed by atoms with van der Waals surface area (Å²) in [6.45, 7) is 3.34. The number of benzene rings is 1. The van der Waals surface area contributed by atoms with Crippen LogP contribution in [-0.2, 0) is 4.79 Å².